The van der Waals surface area contributed by atoms with E-state index in [4.69, 9.17) is 0 Å². The average Bonchev–Trinajstić information content (AvgIpc) is 2.33. The number of halogens is 4. The molecule has 0 aliphatic rings. The Labute approximate surface area is 113 Å². The molecule has 0 aromatic heterocycles. The number of rotatable bonds is 2. The van der Waals surface area contributed by atoms with E-state index in [1.807, 2.05) is 0 Å². The topological polar surface area (TPSA) is 20.2 Å². The first kappa shape index (κ1) is 14.5. The van der Waals surface area contributed by atoms with Gasteiger partial charge in [-0.2, -0.15) is 0 Å². The van der Waals surface area contributed by atoms with E-state index in [0.29, 0.717) is 16.7 Å². The zero-order chi connectivity index (χ0) is 15.0. The quantitative estimate of drug-likeness (QED) is 0.654. The van der Waals surface area contributed by atoms with Gasteiger partial charge in [0.25, 0.3) is 0 Å². The normalized spacial score (nSPS) is 12.6. The fourth-order valence-electron chi connectivity index (χ4n) is 2.25. The molecule has 0 bridgehead atoms. The van der Waals surface area contributed by atoms with Crippen molar-refractivity contribution in [3.63, 3.8) is 0 Å². The third-order valence-corrected chi connectivity index (χ3v) is 3.15. The molecule has 1 N–H and O–H groups in total. The molecule has 1 nitrogen and oxygen atoms in total. The second kappa shape index (κ2) is 5.25. The van der Waals surface area contributed by atoms with Gasteiger partial charge in [-0.15, -0.1) is 0 Å². The molecule has 106 valence electrons. The van der Waals surface area contributed by atoms with Gasteiger partial charge in [0.1, 0.15) is 11.9 Å². The molecule has 0 spiro atoms. The van der Waals surface area contributed by atoms with Crippen LogP contribution in [0, 0.1) is 37.1 Å². The van der Waals surface area contributed by atoms with Crippen molar-refractivity contribution in [3.8, 4) is 0 Å². The molecule has 0 heterocycles. The van der Waals surface area contributed by atoms with E-state index in [-0.39, 0.29) is 5.56 Å². The Hall–Kier alpha value is -1.88. The van der Waals surface area contributed by atoms with Crippen molar-refractivity contribution in [2.45, 2.75) is 20.0 Å². The first-order valence-electron chi connectivity index (χ1n) is 5.90. The summed E-state index contributed by atoms with van der Waals surface area (Å²) in [7, 11) is 0. The zero-order valence-corrected chi connectivity index (χ0v) is 10.8. The Balaban J connectivity index is 2.55. The molecule has 0 aliphatic heterocycles. The minimum atomic E-state index is -1.59. The predicted octanol–water partition coefficient (Wildman–Crippen LogP) is 3.94. The molecule has 0 fully saturated rings. The summed E-state index contributed by atoms with van der Waals surface area (Å²) in [6, 6.07) is 3.88. The second-order valence-electron chi connectivity index (χ2n) is 4.65. The molecule has 0 aliphatic carbocycles. The van der Waals surface area contributed by atoms with Gasteiger partial charge in [-0.25, -0.2) is 17.6 Å². The number of aliphatic hydroxyl groups is 1. The summed E-state index contributed by atoms with van der Waals surface area (Å²) in [6.07, 6.45) is -1.36. The molecular weight excluding hydrogens is 272 g/mol. The van der Waals surface area contributed by atoms with E-state index < -0.39 is 29.4 Å². The van der Waals surface area contributed by atoms with Gasteiger partial charge in [0, 0.05) is 0 Å². The van der Waals surface area contributed by atoms with Crippen LogP contribution in [-0.4, -0.2) is 5.11 Å². The lowest BCUT2D eigenvalue weighted by Gasteiger charge is -2.17. The molecule has 1 atom stereocenters. The highest BCUT2D eigenvalue weighted by Crippen LogP contribution is 2.30. The molecule has 0 radical (unpaired) electrons. The van der Waals surface area contributed by atoms with E-state index in [0.717, 1.165) is 12.1 Å². The van der Waals surface area contributed by atoms with Gasteiger partial charge in [0.05, 0.1) is 0 Å². The lowest BCUT2D eigenvalue weighted by Crippen LogP contribution is -2.07. The van der Waals surface area contributed by atoms with Crippen LogP contribution < -0.4 is 0 Å². The third-order valence-electron chi connectivity index (χ3n) is 3.15. The standard InChI is InChI=1S/C15H12F4O/c1-7-3-10(16)4-8(2)13(7)15(20)9-5-11(17)14(19)12(18)6-9/h3-6,15,20H,1-2H3. The van der Waals surface area contributed by atoms with E-state index in [1.165, 1.54) is 12.1 Å². The Morgan fingerprint density at radius 2 is 1.30 bits per heavy atom. The van der Waals surface area contributed by atoms with Crippen LogP contribution in [-0.2, 0) is 0 Å². The molecular formula is C15H12F4O. The lowest BCUT2D eigenvalue weighted by atomic mass is 9.93. The van der Waals surface area contributed by atoms with Gasteiger partial charge < -0.3 is 5.11 Å². The van der Waals surface area contributed by atoms with Crippen LogP contribution in [0.15, 0.2) is 24.3 Å². The molecule has 2 aromatic carbocycles. The van der Waals surface area contributed by atoms with Gasteiger partial charge in [-0.3, -0.25) is 0 Å². The summed E-state index contributed by atoms with van der Waals surface area (Å²) in [5.41, 5.74) is 1.11. The Morgan fingerprint density at radius 1 is 0.850 bits per heavy atom. The van der Waals surface area contributed by atoms with E-state index in [2.05, 4.69) is 0 Å². The number of aryl methyl sites for hydroxylation is 2. The molecule has 5 heteroatoms. The van der Waals surface area contributed by atoms with Crippen LogP contribution in [0.5, 0.6) is 0 Å². The van der Waals surface area contributed by atoms with Gasteiger partial charge in [-0.05, 0) is 60.4 Å². The average molecular weight is 284 g/mol. The van der Waals surface area contributed by atoms with E-state index in [9.17, 15) is 22.7 Å². The van der Waals surface area contributed by atoms with Crippen molar-refractivity contribution < 1.29 is 22.7 Å². The predicted molar refractivity (Wildman–Crippen MR) is 66.3 cm³/mol. The summed E-state index contributed by atoms with van der Waals surface area (Å²) in [6.45, 7) is 3.15. The van der Waals surface area contributed by atoms with Crippen LogP contribution in [0.25, 0.3) is 0 Å². The first-order chi connectivity index (χ1) is 9.31. The number of benzene rings is 2. The minimum absolute atomic E-state index is 0.126. The molecule has 0 saturated carbocycles. The van der Waals surface area contributed by atoms with Crippen molar-refractivity contribution >= 4 is 0 Å². The van der Waals surface area contributed by atoms with Crippen molar-refractivity contribution in [1.29, 1.82) is 0 Å². The maximum atomic E-state index is 13.2. The van der Waals surface area contributed by atoms with Crippen molar-refractivity contribution in [1.82, 2.24) is 0 Å². The molecule has 2 rings (SSSR count). The van der Waals surface area contributed by atoms with Gasteiger partial charge >= 0.3 is 0 Å². The second-order valence-corrected chi connectivity index (χ2v) is 4.65. The zero-order valence-electron chi connectivity index (χ0n) is 10.8. The van der Waals surface area contributed by atoms with Crippen LogP contribution in [0.1, 0.15) is 28.4 Å². The van der Waals surface area contributed by atoms with Crippen LogP contribution in [0.3, 0.4) is 0 Å². The van der Waals surface area contributed by atoms with Gasteiger partial charge in [0.15, 0.2) is 17.5 Å². The first-order valence-corrected chi connectivity index (χ1v) is 5.90. The van der Waals surface area contributed by atoms with Gasteiger partial charge in [0.2, 0.25) is 0 Å². The maximum Gasteiger partial charge on any atom is 0.194 e. The molecule has 1 unspecified atom stereocenters. The molecule has 0 saturated heterocycles. The fourth-order valence-corrected chi connectivity index (χ4v) is 2.25. The fraction of sp³-hybridized carbons (Fsp3) is 0.200. The number of hydrogen-bond donors (Lipinski definition) is 1. The van der Waals surface area contributed by atoms with Crippen LogP contribution >= 0.6 is 0 Å². The third kappa shape index (κ3) is 2.54. The Morgan fingerprint density at radius 3 is 1.75 bits per heavy atom. The number of aliphatic hydroxyl groups excluding tert-OH is 1. The summed E-state index contributed by atoms with van der Waals surface area (Å²) in [4.78, 5) is 0. The summed E-state index contributed by atoms with van der Waals surface area (Å²) in [5.74, 6) is -4.81. The number of hydrogen-bond acceptors (Lipinski definition) is 1. The summed E-state index contributed by atoms with van der Waals surface area (Å²) < 4.78 is 52.5. The van der Waals surface area contributed by atoms with Crippen molar-refractivity contribution in [3.05, 3.63) is 69.8 Å². The van der Waals surface area contributed by atoms with Crippen LogP contribution in [0.2, 0.25) is 0 Å². The highest BCUT2D eigenvalue weighted by molar-refractivity contribution is 5.41. The Bertz CT molecular complexity index is 621. The lowest BCUT2D eigenvalue weighted by molar-refractivity contribution is 0.217. The maximum absolute atomic E-state index is 13.2. The van der Waals surface area contributed by atoms with E-state index >= 15 is 0 Å². The SMILES string of the molecule is Cc1cc(F)cc(C)c1C(O)c1cc(F)c(F)c(F)c1. The van der Waals surface area contributed by atoms with Crippen LogP contribution in [0.4, 0.5) is 17.6 Å². The highest BCUT2D eigenvalue weighted by Gasteiger charge is 2.20. The molecule has 20 heavy (non-hydrogen) atoms. The smallest absolute Gasteiger partial charge is 0.194 e. The van der Waals surface area contributed by atoms with E-state index in [1.54, 1.807) is 13.8 Å². The Kier molecular flexibility index (Phi) is 3.81. The molecule has 2 aromatic rings. The summed E-state index contributed by atoms with van der Waals surface area (Å²) >= 11 is 0. The highest BCUT2D eigenvalue weighted by atomic mass is 19.2. The van der Waals surface area contributed by atoms with Gasteiger partial charge in [-0.1, -0.05) is 0 Å². The molecule has 0 amide bonds. The largest absolute Gasteiger partial charge is 0.384 e. The monoisotopic (exact) mass is 284 g/mol. The van der Waals surface area contributed by atoms with Crippen molar-refractivity contribution in [2.24, 2.45) is 0 Å². The summed E-state index contributed by atoms with van der Waals surface area (Å²) in [5, 5.41) is 10.2. The minimum Gasteiger partial charge on any atom is -0.384 e. The van der Waals surface area contributed by atoms with Crippen molar-refractivity contribution in [2.75, 3.05) is 0 Å².